The van der Waals surface area contributed by atoms with E-state index < -0.39 is 0 Å². The van der Waals surface area contributed by atoms with E-state index in [4.69, 9.17) is 0 Å². The van der Waals surface area contributed by atoms with E-state index in [2.05, 4.69) is 31.0 Å². The molecule has 0 amide bonds. The van der Waals surface area contributed by atoms with Crippen LogP contribution in [0.15, 0.2) is 0 Å². The van der Waals surface area contributed by atoms with Gasteiger partial charge in [-0.25, -0.2) is 0 Å². The van der Waals surface area contributed by atoms with Gasteiger partial charge in [0.1, 0.15) is 0 Å². The van der Waals surface area contributed by atoms with Gasteiger partial charge in [-0.2, -0.15) is 0 Å². The Morgan fingerprint density at radius 2 is 2.00 bits per heavy atom. The molecule has 1 saturated carbocycles. The summed E-state index contributed by atoms with van der Waals surface area (Å²) in [6, 6.07) is 1.65. The van der Waals surface area contributed by atoms with Gasteiger partial charge in [0.15, 0.2) is 0 Å². The average molecular weight is 238 g/mol. The van der Waals surface area contributed by atoms with Gasteiger partial charge in [0.05, 0.1) is 0 Å². The monoisotopic (exact) mass is 238 g/mol. The van der Waals surface area contributed by atoms with Crippen LogP contribution in [0.5, 0.6) is 0 Å². The summed E-state index contributed by atoms with van der Waals surface area (Å²) in [7, 11) is 0. The van der Waals surface area contributed by atoms with Gasteiger partial charge >= 0.3 is 0 Å². The molecule has 2 heteroatoms. The van der Waals surface area contributed by atoms with Crippen molar-refractivity contribution in [3.05, 3.63) is 0 Å². The third kappa shape index (κ3) is 3.45. The number of hydrogen-bond donors (Lipinski definition) is 1. The van der Waals surface area contributed by atoms with Crippen LogP contribution >= 0.6 is 0 Å². The predicted molar refractivity (Wildman–Crippen MR) is 74.2 cm³/mol. The van der Waals surface area contributed by atoms with Crippen LogP contribution in [0.2, 0.25) is 0 Å². The molecule has 2 nitrogen and oxygen atoms in total. The molecule has 1 aliphatic heterocycles. The van der Waals surface area contributed by atoms with Gasteiger partial charge in [-0.15, -0.1) is 0 Å². The maximum absolute atomic E-state index is 3.64. The zero-order valence-electron chi connectivity index (χ0n) is 11.9. The van der Waals surface area contributed by atoms with Crippen molar-refractivity contribution in [3.8, 4) is 0 Å². The van der Waals surface area contributed by atoms with Crippen LogP contribution in [0.25, 0.3) is 0 Å². The second-order valence-corrected chi connectivity index (χ2v) is 6.35. The van der Waals surface area contributed by atoms with Crippen LogP contribution in [0, 0.1) is 11.8 Å². The van der Waals surface area contributed by atoms with Gasteiger partial charge < -0.3 is 5.32 Å². The van der Waals surface area contributed by atoms with Crippen molar-refractivity contribution < 1.29 is 0 Å². The Labute approximate surface area is 107 Å². The Morgan fingerprint density at radius 3 is 2.65 bits per heavy atom. The lowest BCUT2D eigenvalue weighted by atomic mass is 9.84. The molecule has 1 saturated heterocycles. The maximum atomic E-state index is 3.64. The quantitative estimate of drug-likeness (QED) is 0.813. The highest BCUT2D eigenvalue weighted by atomic mass is 15.2. The van der Waals surface area contributed by atoms with Crippen LogP contribution < -0.4 is 5.32 Å². The highest BCUT2D eigenvalue weighted by molar-refractivity contribution is 4.87. The van der Waals surface area contributed by atoms with E-state index in [-0.39, 0.29) is 0 Å². The molecule has 0 aromatic heterocycles. The standard InChI is InChI=1S/C15H30N2/c1-4-16-15-8-9-17(11-13(15)3)14-7-5-6-12(2)10-14/h12-16H,4-11H2,1-3H3. The Bertz CT molecular complexity index is 229. The van der Waals surface area contributed by atoms with E-state index in [0.29, 0.717) is 0 Å². The Kier molecular flexibility index (Phi) is 4.87. The van der Waals surface area contributed by atoms with Crippen LogP contribution in [-0.4, -0.2) is 36.6 Å². The van der Waals surface area contributed by atoms with Crippen molar-refractivity contribution in [2.75, 3.05) is 19.6 Å². The zero-order chi connectivity index (χ0) is 12.3. The van der Waals surface area contributed by atoms with Crippen LogP contribution in [0.4, 0.5) is 0 Å². The summed E-state index contributed by atoms with van der Waals surface area (Å²) in [6.07, 6.45) is 7.15. The van der Waals surface area contributed by atoms with E-state index in [1.807, 2.05) is 0 Å². The lowest BCUT2D eigenvalue weighted by Crippen LogP contribution is -2.52. The van der Waals surface area contributed by atoms with E-state index in [1.54, 1.807) is 0 Å². The van der Waals surface area contributed by atoms with E-state index in [1.165, 1.54) is 45.2 Å². The second kappa shape index (κ2) is 6.19. The first kappa shape index (κ1) is 13.4. The van der Waals surface area contributed by atoms with Gasteiger partial charge in [-0.3, -0.25) is 4.90 Å². The first-order valence-electron chi connectivity index (χ1n) is 7.68. The molecule has 1 heterocycles. The van der Waals surface area contributed by atoms with Gasteiger partial charge in [0, 0.05) is 18.6 Å². The molecule has 100 valence electrons. The largest absolute Gasteiger partial charge is 0.314 e. The lowest BCUT2D eigenvalue weighted by Gasteiger charge is -2.43. The van der Waals surface area contributed by atoms with Crippen LogP contribution in [0.3, 0.4) is 0 Å². The summed E-state index contributed by atoms with van der Waals surface area (Å²) in [6.45, 7) is 10.8. The summed E-state index contributed by atoms with van der Waals surface area (Å²) >= 11 is 0. The molecule has 4 atom stereocenters. The number of nitrogens with one attached hydrogen (secondary N) is 1. The number of hydrogen-bond acceptors (Lipinski definition) is 2. The van der Waals surface area contributed by atoms with Gasteiger partial charge in [-0.05, 0) is 44.2 Å². The number of likely N-dealkylation sites (tertiary alicyclic amines) is 1. The number of rotatable bonds is 3. The summed E-state index contributed by atoms with van der Waals surface area (Å²) in [5.41, 5.74) is 0. The molecule has 2 fully saturated rings. The highest BCUT2D eigenvalue weighted by Gasteiger charge is 2.31. The fraction of sp³-hybridized carbons (Fsp3) is 1.00. The molecule has 4 unspecified atom stereocenters. The van der Waals surface area contributed by atoms with Crippen molar-refractivity contribution in [3.63, 3.8) is 0 Å². The minimum absolute atomic E-state index is 0.761. The fourth-order valence-electron chi connectivity index (χ4n) is 3.81. The smallest absolute Gasteiger partial charge is 0.0117 e. The SMILES string of the molecule is CCNC1CCN(C2CCCC(C)C2)CC1C. The second-order valence-electron chi connectivity index (χ2n) is 6.35. The van der Waals surface area contributed by atoms with Crippen molar-refractivity contribution in [2.45, 2.75) is 65.0 Å². The number of piperidine rings is 1. The molecular weight excluding hydrogens is 208 g/mol. The summed E-state index contributed by atoms with van der Waals surface area (Å²) in [5.74, 6) is 1.77. The molecule has 2 aliphatic rings. The minimum Gasteiger partial charge on any atom is -0.314 e. The van der Waals surface area contributed by atoms with Gasteiger partial charge in [0.25, 0.3) is 0 Å². The number of nitrogens with zero attached hydrogens (tertiary/aromatic N) is 1. The zero-order valence-corrected chi connectivity index (χ0v) is 11.9. The normalized spacial score (nSPS) is 40.4. The molecule has 0 aromatic carbocycles. The molecule has 0 bridgehead atoms. The molecule has 0 radical (unpaired) electrons. The van der Waals surface area contributed by atoms with Crippen molar-refractivity contribution >= 4 is 0 Å². The summed E-state index contributed by atoms with van der Waals surface area (Å²) in [4.78, 5) is 2.79. The Hall–Kier alpha value is -0.0800. The van der Waals surface area contributed by atoms with Crippen molar-refractivity contribution in [2.24, 2.45) is 11.8 Å². The van der Waals surface area contributed by atoms with Gasteiger partial charge in [-0.1, -0.05) is 33.6 Å². The summed E-state index contributed by atoms with van der Waals surface area (Å²) < 4.78 is 0. The molecule has 0 aromatic rings. The van der Waals surface area contributed by atoms with Crippen LogP contribution in [0.1, 0.15) is 52.9 Å². The van der Waals surface area contributed by atoms with E-state index >= 15 is 0 Å². The molecule has 17 heavy (non-hydrogen) atoms. The highest BCUT2D eigenvalue weighted by Crippen LogP contribution is 2.30. The Morgan fingerprint density at radius 1 is 1.18 bits per heavy atom. The van der Waals surface area contributed by atoms with Gasteiger partial charge in [0.2, 0.25) is 0 Å². The molecular formula is C15H30N2. The average Bonchev–Trinajstić information content (AvgIpc) is 2.32. The fourth-order valence-corrected chi connectivity index (χ4v) is 3.81. The molecule has 1 aliphatic carbocycles. The third-order valence-corrected chi connectivity index (χ3v) is 4.83. The first-order valence-corrected chi connectivity index (χ1v) is 7.68. The molecule has 1 N–H and O–H groups in total. The predicted octanol–water partition coefficient (Wildman–Crippen LogP) is 2.89. The van der Waals surface area contributed by atoms with Crippen LogP contribution in [-0.2, 0) is 0 Å². The lowest BCUT2D eigenvalue weighted by molar-refractivity contribution is 0.0729. The maximum Gasteiger partial charge on any atom is 0.0117 e. The van der Waals surface area contributed by atoms with Crippen molar-refractivity contribution in [1.82, 2.24) is 10.2 Å². The van der Waals surface area contributed by atoms with E-state index in [9.17, 15) is 0 Å². The molecule has 2 rings (SSSR count). The van der Waals surface area contributed by atoms with Crippen molar-refractivity contribution in [1.29, 1.82) is 0 Å². The third-order valence-electron chi connectivity index (χ3n) is 4.83. The Balaban J connectivity index is 1.83. The first-order chi connectivity index (χ1) is 8.20. The topological polar surface area (TPSA) is 15.3 Å². The summed E-state index contributed by atoms with van der Waals surface area (Å²) in [5, 5.41) is 3.64. The van der Waals surface area contributed by atoms with E-state index in [0.717, 1.165) is 30.5 Å². The minimum atomic E-state index is 0.761. The molecule has 0 spiro atoms.